The average Bonchev–Trinajstić information content (AvgIpc) is 2.86. The molecule has 0 unspecified atom stereocenters. The van der Waals surface area contributed by atoms with E-state index in [0.29, 0.717) is 40.0 Å². The first-order valence-corrected chi connectivity index (χ1v) is 9.08. The largest absolute Gasteiger partial charge is 0.494 e. The van der Waals surface area contributed by atoms with Gasteiger partial charge in [-0.25, -0.2) is 14.1 Å². The summed E-state index contributed by atoms with van der Waals surface area (Å²) in [5.74, 6) is 0.336. The predicted molar refractivity (Wildman–Crippen MR) is 110 cm³/mol. The van der Waals surface area contributed by atoms with Gasteiger partial charge >= 0.3 is 0 Å². The third-order valence-electron chi connectivity index (χ3n) is 4.55. The predicted octanol–water partition coefficient (Wildman–Crippen LogP) is 5.40. The number of rotatable bonds is 4. The lowest BCUT2D eigenvalue weighted by molar-refractivity contribution is 0.386. The highest BCUT2D eigenvalue weighted by molar-refractivity contribution is 6.36. The monoisotopic (exact) mass is 396 g/mol. The molecule has 7 heteroatoms. The minimum Gasteiger partial charge on any atom is -0.494 e. The van der Waals surface area contributed by atoms with Gasteiger partial charge in [0.25, 0.3) is 0 Å². The molecule has 3 aromatic rings. The van der Waals surface area contributed by atoms with Gasteiger partial charge < -0.3 is 10.1 Å². The average molecular weight is 397 g/mol. The zero-order valence-corrected chi connectivity index (χ0v) is 16.2. The molecule has 1 N–H and O–H groups in total. The van der Waals surface area contributed by atoms with Gasteiger partial charge in [-0.2, -0.15) is 5.10 Å². The van der Waals surface area contributed by atoms with Gasteiger partial charge in [-0.15, -0.1) is 6.58 Å². The number of aliphatic imine (C=N–C) groups is 1. The van der Waals surface area contributed by atoms with Crippen molar-refractivity contribution < 1.29 is 9.13 Å². The van der Waals surface area contributed by atoms with Crippen LogP contribution in [0.2, 0.25) is 5.02 Å². The first kappa shape index (κ1) is 18.3. The molecule has 0 aliphatic carbocycles. The zero-order valence-electron chi connectivity index (χ0n) is 15.5. The Balaban J connectivity index is 2.05. The summed E-state index contributed by atoms with van der Waals surface area (Å²) in [5, 5.41) is 8.37. The number of ether oxygens (including phenoxy) is 1. The lowest BCUT2D eigenvalue weighted by Crippen LogP contribution is -2.09. The van der Waals surface area contributed by atoms with E-state index in [4.69, 9.17) is 21.3 Å². The highest BCUT2D eigenvalue weighted by Gasteiger charge is 2.25. The molecule has 1 aliphatic heterocycles. The zero-order chi connectivity index (χ0) is 19.8. The quantitative estimate of drug-likeness (QED) is 0.469. The summed E-state index contributed by atoms with van der Waals surface area (Å²) in [5.41, 5.74) is 4.02. The summed E-state index contributed by atoms with van der Waals surface area (Å²) in [7, 11) is 1.43. The van der Waals surface area contributed by atoms with Crippen molar-refractivity contribution >= 4 is 34.5 Å². The van der Waals surface area contributed by atoms with Gasteiger partial charge in [-0.05, 0) is 19.1 Å². The minimum atomic E-state index is -0.470. The van der Waals surface area contributed by atoms with Crippen LogP contribution in [-0.4, -0.2) is 22.6 Å². The van der Waals surface area contributed by atoms with Crippen LogP contribution in [-0.2, 0) is 6.54 Å². The summed E-state index contributed by atoms with van der Waals surface area (Å²) in [6.45, 7) is 6.15. The van der Waals surface area contributed by atoms with E-state index in [1.165, 1.54) is 13.2 Å². The van der Waals surface area contributed by atoms with Crippen molar-refractivity contribution in [3.05, 3.63) is 76.7 Å². The SMILES string of the molecule is C=CCn1nc(C)c2c1Nc1cc(F)c(OC)cc1C(c1ccccc1Cl)=N2. The molecule has 0 fully saturated rings. The second-order valence-electron chi connectivity index (χ2n) is 6.35. The summed E-state index contributed by atoms with van der Waals surface area (Å²) < 4.78 is 21.4. The number of hydrogen-bond donors (Lipinski definition) is 1. The number of anilines is 2. The lowest BCUT2D eigenvalue weighted by Gasteiger charge is -2.15. The van der Waals surface area contributed by atoms with Crippen molar-refractivity contribution in [2.45, 2.75) is 13.5 Å². The normalized spacial score (nSPS) is 12.4. The Morgan fingerprint density at radius 3 is 2.79 bits per heavy atom. The van der Waals surface area contributed by atoms with E-state index in [9.17, 15) is 4.39 Å². The number of fused-ring (bicyclic) bond motifs is 2. The van der Waals surface area contributed by atoms with Crippen LogP contribution >= 0.6 is 11.6 Å². The van der Waals surface area contributed by atoms with Gasteiger partial charge in [0.15, 0.2) is 17.4 Å². The molecule has 0 saturated heterocycles. The molecule has 0 spiro atoms. The summed E-state index contributed by atoms with van der Waals surface area (Å²) >= 11 is 6.46. The summed E-state index contributed by atoms with van der Waals surface area (Å²) in [6, 6.07) is 10.5. The van der Waals surface area contributed by atoms with Gasteiger partial charge in [-0.1, -0.05) is 35.9 Å². The van der Waals surface area contributed by atoms with E-state index in [1.807, 2.05) is 25.1 Å². The Morgan fingerprint density at radius 1 is 1.29 bits per heavy atom. The third kappa shape index (κ3) is 2.96. The molecule has 142 valence electrons. The number of hydrogen-bond acceptors (Lipinski definition) is 4. The van der Waals surface area contributed by atoms with Crippen molar-refractivity contribution in [1.82, 2.24) is 9.78 Å². The van der Waals surface area contributed by atoms with Crippen molar-refractivity contribution in [2.24, 2.45) is 4.99 Å². The molecule has 2 aromatic carbocycles. The highest BCUT2D eigenvalue weighted by Crippen LogP contribution is 2.40. The fourth-order valence-corrected chi connectivity index (χ4v) is 3.48. The molecule has 1 aromatic heterocycles. The van der Waals surface area contributed by atoms with Crippen LogP contribution in [0.4, 0.5) is 21.6 Å². The number of benzene rings is 2. The van der Waals surface area contributed by atoms with E-state index in [1.54, 1.807) is 22.9 Å². The minimum absolute atomic E-state index is 0.135. The van der Waals surface area contributed by atoms with Gasteiger partial charge in [0.05, 0.1) is 30.7 Å². The molecule has 4 rings (SSSR count). The molecule has 2 heterocycles. The smallest absolute Gasteiger partial charge is 0.167 e. The molecule has 0 bridgehead atoms. The van der Waals surface area contributed by atoms with E-state index < -0.39 is 5.82 Å². The van der Waals surface area contributed by atoms with E-state index in [2.05, 4.69) is 17.0 Å². The Morgan fingerprint density at radius 2 is 2.07 bits per heavy atom. The number of allylic oxidation sites excluding steroid dienone is 1. The number of nitrogens with zero attached hydrogens (tertiary/aromatic N) is 3. The van der Waals surface area contributed by atoms with Gasteiger partial charge in [0.2, 0.25) is 0 Å². The number of aromatic nitrogens is 2. The highest BCUT2D eigenvalue weighted by atomic mass is 35.5. The van der Waals surface area contributed by atoms with Crippen molar-refractivity contribution in [1.29, 1.82) is 0 Å². The van der Waals surface area contributed by atoms with E-state index in [0.717, 1.165) is 11.3 Å². The molecule has 0 amide bonds. The first-order chi connectivity index (χ1) is 13.5. The van der Waals surface area contributed by atoms with Crippen LogP contribution in [0.3, 0.4) is 0 Å². The molecule has 1 aliphatic rings. The van der Waals surface area contributed by atoms with Crippen LogP contribution in [0.1, 0.15) is 16.8 Å². The van der Waals surface area contributed by atoms with Gasteiger partial charge in [0, 0.05) is 22.2 Å². The van der Waals surface area contributed by atoms with Crippen molar-refractivity contribution in [3.8, 4) is 5.75 Å². The Kier molecular flexibility index (Phi) is 4.65. The number of nitrogens with one attached hydrogen (secondary N) is 1. The lowest BCUT2D eigenvalue weighted by atomic mass is 10.00. The molecule has 0 radical (unpaired) electrons. The number of methoxy groups -OCH3 is 1. The third-order valence-corrected chi connectivity index (χ3v) is 4.88. The van der Waals surface area contributed by atoms with E-state index in [-0.39, 0.29) is 5.75 Å². The number of aryl methyl sites for hydroxylation is 1. The summed E-state index contributed by atoms with van der Waals surface area (Å²) in [6.07, 6.45) is 1.74. The van der Waals surface area contributed by atoms with Crippen molar-refractivity contribution in [3.63, 3.8) is 0 Å². The summed E-state index contributed by atoms with van der Waals surface area (Å²) in [4.78, 5) is 4.89. The van der Waals surface area contributed by atoms with Crippen LogP contribution in [0, 0.1) is 12.7 Å². The van der Waals surface area contributed by atoms with Crippen molar-refractivity contribution in [2.75, 3.05) is 12.4 Å². The van der Waals surface area contributed by atoms with Gasteiger partial charge in [-0.3, -0.25) is 0 Å². The first-order valence-electron chi connectivity index (χ1n) is 8.70. The molecule has 28 heavy (non-hydrogen) atoms. The van der Waals surface area contributed by atoms with Crippen LogP contribution < -0.4 is 10.1 Å². The Labute approximate surface area is 167 Å². The molecular formula is C21H18ClFN4O. The second kappa shape index (κ2) is 7.13. The molecular weight excluding hydrogens is 379 g/mol. The Hall–Kier alpha value is -3.12. The standard InChI is InChI=1S/C21H18ClFN4O/c1-4-9-27-21-19(12(2)26-27)25-20(13-7-5-6-8-15(13)22)14-10-18(28-3)16(23)11-17(14)24-21/h4-8,10-11,24H,1,9H2,2-3H3. The molecule has 0 saturated carbocycles. The topological polar surface area (TPSA) is 51.4 Å². The van der Waals surface area contributed by atoms with Crippen LogP contribution in [0.15, 0.2) is 54.0 Å². The van der Waals surface area contributed by atoms with Crippen LogP contribution in [0.5, 0.6) is 5.75 Å². The second-order valence-corrected chi connectivity index (χ2v) is 6.76. The van der Waals surface area contributed by atoms with Gasteiger partial charge in [0.1, 0.15) is 5.69 Å². The maximum Gasteiger partial charge on any atom is 0.167 e. The molecule has 5 nitrogen and oxygen atoms in total. The van der Waals surface area contributed by atoms with Crippen LogP contribution in [0.25, 0.3) is 0 Å². The maximum absolute atomic E-state index is 14.5. The number of halogens is 2. The molecule has 0 atom stereocenters. The maximum atomic E-state index is 14.5. The fourth-order valence-electron chi connectivity index (χ4n) is 3.25. The fraction of sp³-hybridized carbons (Fsp3) is 0.143. The van der Waals surface area contributed by atoms with E-state index >= 15 is 0 Å². The Bertz CT molecular complexity index is 1120.